The molecule has 0 bridgehead atoms. The second kappa shape index (κ2) is 25.3. The van der Waals surface area contributed by atoms with E-state index in [-0.39, 0.29) is 12.2 Å². The van der Waals surface area contributed by atoms with Gasteiger partial charge in [-0.15, -0.1) is 0 Å². The molecule has 31 heavy (non-hydrogen) atoms. The maximum absolute atomic E-state index is 14.0. The van der Waals surface area contributed by atoms with Crippen LogP contribution in [0.25, 0.3) is 0 Å². The van der Waals surface area contributed by atoms with Crippen LogP contribution < -0.4 is 0 Å². The lowest BCUT2D eigenvalue weighted by atomic mass is 10.0. The average Bonchev–Trinajstić information content (AvgIpc) is 2.75. The quantitative estimate of drug-likeness (QED) is 0.109. The van der Waals surface area contributed by atoms with Crippen LogP contribution >= 0.6 is 0 Å². The molecule has 0 aromatic carbocycles. The minimum Gasteiger partial charge on any atom is -0.300 e. The molecule has 1 atom stereocenters. The van der Waals surface area contributed by atoms with Gasteiger partial charge in [-0.25, -0.2) is 4.39 Å². The molecule has 0 heterocycles. The van der Waals surface area contributed by atoms with E-state index in [1.807, 2.05) is 0 Å². The Hall–Kier alpha value is -0.920. The van der Waals surface area contributed by atoms with Crippen molar-refractivity contribution in [1.29, 1.82) is 0 Å². The second-order valence-electron chi connectivity index (χ2n) is 9.23. The van der Waals surface area contributed by atoms with Crippen molar-refractivity contribution < 1.29 is 9.18 Å². The maximum atomic E-state index is 14.0. The van der Waals surface area contributed by atoms with Gasteiger partial charge in [-0.2, -0.15) is 0 Å². The van der Waals surface area contributed by atoms with Crippen LogP contribution in [0.1, 0.15) is 149 Å². The Balaban J connectivity index is 3.38. The molecule has 0 aromatic rings. The number of carbonyl (C=O) groups is 1. The lowest BCUT2D eigenvalue weighted by molar-refractivity contribution is -0.120. The highest BCUT2D eigenvalue weighted by Crippen LogP contribution is 2.15. The van der Waals surface area contributed by atoms with Crippen LogP contribution in [0.2, 0.25) is 0 Å². The molecule has 0 spiro atoms. The minimum atomic E-state index is -0.921. The number of halogens is 1. The fourth-order valence-corrected chi connectivity index (χ4v) is 3.91. The van der Waals surface area contributed by atoms with Crippen molar-refractivity contribution in [1.82, 2.24) is 0 Å². The first-order chi connectivity index (χ1) is 15.2. The summed E-state index contributed by atoms with van der Waals surface area (Å²) in [5.74, 6) is 0.128. The smallest absolute Gasteiger partial charge is 0.135 e. The molecule has 2 heteroatoms. The van der Waals surface area contributed by atoms with Crippen LogP contribution in [0.4, 0.5) is 4.39 Å². The molecular weight excluding hydrogens is 383 g/mol. The van der Waals surface area contributed by atoms with E-state index in [4.69, 9.17) is 0 Å². The van der Waals surface area contributed by atoms with Gasteiger partial charge in [0.05, 0.1) is 0 Å². The number of hydrogen-bond acceptors (Lipinski definition) is 1. The van der Waals surface area contributed by atoms with Gasteiger partial charge >= 0.3 is 0 Å². The Morgan fingerprint density at radius 2 is 1.13 bits per heavy atom. The SMILES string of the molecule is CCCCCC=CCC=CCCCCCCCC(F)CC(=O)CCCCCCCCC. The number of rotatable bonds is 24. The van der Waals surface area contributed by atoms with E-state index in [1.165, 1.54) is 77.0 Å². The highest BCUT2D eigenvalue weighted by atomic mass is 19.1. The fraction of sp³-hybridized carbons (Fsp3) is 0.828. The summed E-state index contributed by atoms with van der Waals surface area (Å²) in [6.07, 6.45) is 31.0. The zero-order valence-electron chi connectivity index (χ0n) is 21.0. The van der Waals surface area contributed by atoms with Crippen LogP contribution in [0.5, 0.6) is 0 Å². The van der Waals surface area contributed by atoms with Gasteiger partial charge in [-0.1, -0.05) is 115 Å². The molecule has 0 amide bonds. The molecule has 0 rings (SSSR count). The van der Waals surface area contributed by atoms with Gasteiger partial charge < -0.3 is 0 Å². The van der Waals surface area contributed by atoms with E-state index < -0.39 is 6.17 Å². The van der Waals surface area contributed by atoms with E-state index in [0.29, 0.717) is 12.8 Å². The van der Waals surface area contributed by atoms with Crippen molar-refractivity contribution in [2.24, 2.45) is 0 Å². The standard InChI is InChI=1S/C29H53FO/c1-3-5-7-9-11-12-13-14-15-16-17-18-20-21-23-25-28(30)27-29(31)26-24-22-19-10-8-6-4-2/h11-12,14-15,28H,3-10,13,16-27H2,1-2H3. The molecule has 0 aromatic heterocycles. The van der Waals surface area contributed by atoms with Crippen LogP contribution in [0.3, 0.4) is 0 Å². The second-order valence-corrected chi connectivity index (χ2v) is 9.23. The number of alkyl halides is 1. The minimum absolute atomic E-state index is 0.128. The van der Waals surface area contributed by atoms with E-state index in [2.05, 4.69) is 38.2 Å². The summed E-state index contributed by atoms with van der Waals surface area (Å²) in [6, 6.07) is 0. The summed E-state index contributed by atoms with van der Waals surface area (Å²) in [6.45, 7) is 4.47. The van der Waals surface area contributed by atoms with Gasteiger partial charge in [-0.3, -0.25) is 4.79 Å². The maximum Gasteiger partial charge on any atom is 0.135 e. The zero-order valence-corrected chi connectivity index (χ0v) is 21.0. The van der Waals surface area contributed by atoms with Crippen molar-refractivity contribution in [2.75, 3.05) is 0 Å². The van der Waals surface area contributed by atoms with E-state index in [0.717, 1.165) is 38.5 Å². The van der Waals surface area contributed by atoms with Crippen molar-refractivity contribution in [3.8, 4) is 0 Å². The van der Waals surface area contributed by atoms with Gasteiger partial charge in [0.1, 0.15) is 12.0 Å². The van der Waals surface area contributed by atoms with Gasteiger partial charge in [0.2, 0.25) is 0 Å². The van der Waals surface area contributed by atoms with Gasteiger partial charge in [0, 0.05) is 12.8 Å². The number of unbranched alkanes of at least 4 members (excludes halogenated alkanes) is 14. The average molecular weight is 437 g/mol. The Morgan fingerprint density at radius 1 is 0.645 bits per heavy atom. The van der Waals surface area contributed by atoms with Crippen molar-refractivity contribution in [3.05, 3.63) is 24.3 Å². The fourth-order valence-electron chi connectivity index (χ4n) is 3.91. The molecule has 0 saturated carbocycles. The largest absolute Gasteiger partial charge is 0.300 e. The Kier molecular flexibility index (Phi) is 24.6. The van der Waals surface area contributed by atoms with Gasteiger partial charge in [-0.05, 0) is 44.9 Å². The molecule has 0 aliphatic heterocycles. The van der Waals surface area contributed by atoms with E-state index in [9.17, 15) is 9.18 Å². The normalized spacial score (nSPS) is 12.9. The number of Topliss-reactive ketones (excluding diaryl/α,β-unsaturated/α-hetero) is 1. The molecule has 182 valence electrons. The number of carbonyl (C=O) groups excluding carboxylic acids is 1. The topological polar surface area (TPSA) is 17.1 Å². The summed E-state index contributed by atoms with van der Waals surface area (Å²) < 4.78 is 14.0. The summed E-state index contributed by atoms with van der Waals surface area (Å²) in [5, 5.41) is 0. The summed E-state index contributed by atoms with van der Waals surface area (Å²) in [5.41, 5.74) is 0. The molecule has 0 aliphatic carbocycles. The first kappa shape index (κ1) is 30.1. The first-order valence-corrected chi connectivity index (χ1v) is 13.7. The van der Waals surface area contributed by atoms with E-state index >= 15 is 0 Å². The van der Waals surface area contributed by atoms with Crippen LogP contribution in [-0.2, 0) is 4.79 Å². The number of allylic oxidation sites excluding steroid dienone is 4. The van der Waals surface area contributed by atoms with Crippen LogP contribution in [0.15, 0.2) is 24.3 Å². The molecule has 0 saturated heterocycles. The third kappa shape index (κ3) is 25.2. The van der Waals surface area contributed by atoms with Crippen LogP contribution in [0, 0.1) is 0 Å². The Bertz CT molecular complexity index is 426. The van der Waals surface area contributed by atoms with E-state index in [1.54, 1.807) is 0 Å². The summed E-state index contributed by atoms with van der Waals surface area (Å²) >= 11 is 0. The number of ketones is 1. The highest BCUT2D eigenvalue weighted by molar-refractivity contribution is 5.78. The monoisotopic (exact) mass is 436 g/mol. The predicted octanol–water partition coefficient (Wildman–Crippen LogP) is 10.2. The molecular formula is C29H53FO. The predicted molar refractivity (Wildman–Crippen MR) is 136 cm³/mol. The van der Waals surface area contributed by atoms with Crippen LogP contribution in [-0.4, -0.2) is 12.0 Å². The van der Waals surface area contributed by atoms with Gasteiger partial charge in [0.15, 0.2) is 0 Å². The highest BCUT2D eigenvalue weighted by Gasteiger charge is 2.12. The lowest BCUT2D eigenvalue weighted by Gasteiger charge is -2.07. The van der Waals surface area contributed by atoms with Crippen molar-refractivity contribution in [2.45, 2.75) is 155 Å². The van der Waals surface area contributed by atoms with Crippen molar-refractivity contribution in [3.63, 3.8) is 0 Å². The molecule has 0 N–H and O–H groups in total. The van der Waals surface area contributed by atoms with Crippen molar-refractivity contribution >= 4 is 5.78 Å². The molecule has 1 unspecified atom stereocenters. The third-order valence-corrected chi connectivity index (χ3v) is 5.98. The lowest BCUT2D eigenvalue weighted by Crippen LogP contribution is -2.09. The Morgan fingerprint density at radius 3 is 1.77 bits per heavy atom. The zero-order chi connectivity index (χ0) is 22.8. The third-order valence-electron chi connectivity index (χ3n) is 5.98. The number of hydrogen-bond donors (Lipinski definition) is 0. The summed E-state index contributed by atoms with van der Waals surface area (Å²) in [7, 11) is 0. The molecule has 0 fully saturated rings. The summed E-state index contributed by atoms with van der Waals surface area (Å²) in [4.78, 5) is 11.9. The molecule has 0 aliphatic rings. The van der Waals surface area contributed by atoms with Gasteiger partial charge in [0.25, 0.3) is 0 Å². The molecule has 0 radical (unpaired) electrons. The first-order valence-electron chi connectivity index (χ1n) is 13.7. The Labute approximate surface area is 194 Å². The molecule has 1 nitrogen and oxygen atoms in total.